The lowest BCUT2D eigenvalue weighted by molar-refractivity contribution is -0.119. The Morgan fingerprint density at radius 1 is 1.17 bits per heavy atom. The Bertz CT molecular complexity index is 765. The van der Waals surface area contributed by atoms with Crippen molar-refractivity contribution >= 4 is 5.91 Å². The van der Waals surface area contributed by atoms with E-state index in [0.29, 0.717) is 0 Å². The summed E-state index contributed by atoms with van der Waals surface area (Å²) in [5.74, 6) is 7.89. The van der Waals surface area contributed by atoms with Gasteiger partial charge in [0.25, 0.3) is 0 Å². The Morgan fingerprint density at radius 3 is 2.38 bits per heavy atom. The molecule has 1 atom stereocenters. The number of carbonyl (C=O) groups is 1. The highest BCUT2D eigenvalue weighted by molar-refractivity contribution is 5.73. The third-order valence-electron chi connectivity index (χ3n) is 4.06. The first-order valence-electron chi connectivity index (χ1n) is 8.30. The number of aromatic nitrogens is 2. The number of amides is 1. The summed E-state index contributed by atoms with van der Waals surface area (Å²) in [6, 6.07) is 7.89. The highest BCUT2D eigenvalue weighted by Crippen LogP contribution is 2.31. The summed E-state index contributed by atoms with van der Waals surface area (Å²) in [4.78, 5) is 19.9. The molecule has 3 rings (SSSR count). The van der Waals surface area contributed by atoms with E-state index in [1.54, 1.807) is 12.4 Å². The SMILES string of the molecule is CC(=O)N[C@@H](C)c1ccc(C#Cc2cnc(CC3CC3)nc2)cc1. The molecule has 0 spiro atoms. The average Bonchev–Trinajstić information content (AvgIpc) is 3.38. The molecule has 1 fully saturated rings. The number of hydrogen-bond acceptors (Lipinski definition) is 3. The summed E-state index contributed by atoms with van der Waals surface area (Å²) < 4.78 is 0. The van der Waals surface area contributed by atoms with Crippen molar-refractivity contribution in [3.63, 3.8) is 0 Å². The van der Waals surface area contributed by atoms with Crippen LogP contribution in [0.15, 0.2) is 36.7 Å². The fourth-order valence-electron chi connectivity index (χ4n) is 2.49. The van der Waals surface area contributed by atoms with Crippen molar-refractivity contribution in [1.29, 1.82) is 0 Å². The van der Waals surface area contributed by atoms with E-state index in [1.807, 2.05) is 31.2 Å². The number of nitrogens with one attached hydrogen (secondary N) is 1. The predicted molar refractivity (Wildman–Crippen MR) is 93.1 cm³/mol. The van der Waals surface area contributed by atoms with Gasteiger partial charge in [-0.1, -0.05) is 24.0 Å². The first-order valence-corrected chi connectivity index (χ1v) is 8.30. The van der Waals surface area contributed by atoms with Crippen molar-refractivity contribution in [3.05, 3.63) is 59.2 Å². The minimum absolute atomic E-state index is 0.00285. The Labute approximate surface area is 142 Å². The fraction of sp³-hybridized carbons (Fsp3) is 0.350. The Morgan fingerprint density at radius 2 is 1.79 bits per heavy atom. The van der Waals surface area contributed by atoms with Gasteiger partial charge in [-0.25, -0.2) is 9.97 Å². The quantitative estimate of drug-likeness (QED) is 0.881. The van der Waals surface area contributed by atoms with Gasteiger partial charge in [0.2, 0.25) is 5.91 Å². The molecule has 0 aliphatic heterocycles. The van der Waals surface area contributed by atoms with Gasteiger partial charge in [0, 0.05) is 31.3 Å². The molecule has 1 aromatic heterocycles. The van der Waals surface area contributed by atoms with Crippen molar-refractivity contribution in [1.82, 2.24) is 15.3 Å². The topological polar surface area (TPSA) is 54.9 Å². The van der Waals surface area contributed by atoms with E-state index in [0.717, 1.165) is 34.9 Å². The number of carbonyl (C=O) groups excluding carboxylic acids is 1. The van der Waals surface area contributed by atoms with Crippen LogP contribution < -0.4 is 5.32 Å². The Kier molecular flexibility index (Phi) is 4.90. The average molecular weight is 319 g/mol. The van der Waals surface area contributed by atoms with E-state index in [1.165, 1.54) is 19.8 Å². The Balaban J connectivity index is 1.63. The lowest BCUT2D eigenvalue weighted by Gasteiger charge is -2.12. The van der Waals surface area contributed by atoms with Crippen molar-refractivity contribution < 1.29 is 4.79 Å². The third kappa shape index (κ3) is 4.66. The lowest BCUT2D eigenvalue weighted by Crippen LogP contribution is -2.23. The van der Waals surface area contributed by atoms with Gasteiger partial charge in [0.1, 0.15) is 5.82 Å². The first kappa shape index (κ1) is 16.2. The van der Waals surface area contributed by atoms with E-state index in [-0.39, 0.29) is 11.9 Å². The van der Waals surface area contributed by atoms with Crippen LogP contribution in [0.1, 0.15) is 55.2 Å². The summed E-state index contributed by atoms with van der Waals surface area (Å²) in [6.45, 7) is 3.48. The zero-order valence-corrected chi connectivity index (χ0v) is 14.0. The van der Waals surface area contributed by atoms with Crippen LogP contribution in [0.3, 0.4) is 0 Å². The van der Waals surface area contributed by atoms with Gasteiger partial charge in [-0.05, 0) is 43.4 Å². The Hall–Kier alpha value is -2.67. The maximum Gasteiger partial charge on any atom is 0.217 e. The molecule has 4 heteroatoms. The van der Waals surface area contributed by atoms with Crippen molar-refractivity contribution in [2.75, 3.05) is 0 Å². The molecule has 1 heterocycles. The third-order valence-corrected chi connectivity index (χ3v) is 4.06. The molecule has 1 aliphatic carbocycles. The highest BCUT2D eigenvalue weighted by atomic mass is 16.1. The molecule has 4 nitrogen and oxygen atoms in total. The predicted octanol–water partition coefficient (Wildman–Crippen LogP) is 3.03. The lowest BCUT2D eigenvalue weighted by atomic mass is 10.1. The molecule has 0 saturated heterocycles. The van der Waals surface area contributed by atoms with Gasteiger partial charge < -0.3 is 5.32 Å². The second-order valence-electron chi connectivity index (χ2n) is 6.33. The maximum atomic E-state index is 11.1. The van der Waals surface area contributed by atoms with Crippen LogP contribution in [-0.4, -0.2) is 15.9 Å². The molecule has 1 aromatic carbocycles. The molecule has 1 aliphatic rings. The molecule has 0 unspecified atom stereocenters. The highest BCUT2D eigenvalue weighted by Gasteiger charge is 2.22. The van der Waals surface area contributed by atoms with E-state index < -0.39 is 0 Å². The van der Waals surface area contributed by atoms with E-state index in [4.69, 9.17) is 0 Å². The molecular weight excluding hydrogens is 298 g/mol. The van der Waals surface area contributed by atoms with Crippen LogP contribution in [0.5, 0.6) is 0 Å². The summed E-state index contributed by atoms with van der Waals surface area (Å²) in [5.41, 5.74) is 2.81. The fourth-order valence-corrected chi connectivity index (χ4v) is 2.49. The van der Waals surface area contributed by atoms with Crippen molar-refractivity contribution in [3.8, 4) is 11.8 Å². The monoisotopic (exact) mass is 319 g/mol. The van der Waals surface area contributed by atoms with Gasteiger partial charge in [0.15, 0.2) is 0 Å². The van der Waals surface area contributed by atoms with Crippen LogP contribution in [0.2, 0.25) is 0 Å². The molecule has 0 bridgehead atoms. The minimum Gasteiger partial charge on any atom is -0.350 e. The number of hydrogen-bond donors (Lipinski definition) is 1. The summed E-state index contributed by atoms with van der Waals surface area (Å²) in [5, 5.41) is 2.87. The number of benzene rings is 1. The van der Waals surface area contributed by atoms with Crippen LogP contribution >= 0.6 is 0 Å². The zero-order valence-electron chi connectivity index (χ0n) is 14.0. The summed E-state index contributed by atoms with van der Waals surface area (Å²) >= 11 is 0. The summed E-state index contributed by atoms with van der Waals surface area (Å²) in [7, 11) is 0. The second kappa shape index (κ2) is 7.27. The zero-order chi connectivity index (χ0) is 16.9. The van der Waals surface area contributed by atoms with Gasteiger partial charge in [-0.15, -0.1) is 0 Å². The molecule has 1 amide bonds. The van der Waals surface area contributed by atoms with Crippen LogP contribution in [0.4, 0.5) is 0 Å². The molecule has 1 N–H and O–H groups in total. The van der Waals surface area contributed by atoms with E-state index in [2.05, 4.69) is 27.1 Å². The largest absolute Gasteiger partial charge is 0.350 e. The second-order valence-corrected chi connectivity index (χ2v) is 6.33. The van der Waals surface area contributed by atoms with Crippen molar-refractivity contribution in [2.24, 2.45) is 5.92 Å². The van der Waals surface area contributed by atoms with Crippen molar-refractivity contribution in [2.45, 2.75) is 39.2 Å². The molecule has 122 valence electrons. The number of nitrogens with zero attached hydrogens (tertiary/aromatic N) is 2. The van der Waals surface area contributed by atoms with Crippen LogP contribution in [0, 0.1) is 17.8 Å². The molecule has 0 radical (unpaired) electrons. The number of rotatable bonds is 4. The van der Waals surface area contributed by atoms with E-state index >= 15 is 0 Å². The van der Waals surface area contributed by atoms with Crippen LogP contribution in [0.25, 0.3) is 0 Å². The standard InChI is InChI=1S/C20H21N3O/c1-14(23-15(2)24)19-9-7-16(8-10-19)3-6-18-12-21-20(22-13-18)11-17-4-5-17/h7-10,12-14,17H,4-5,11H2,1-2H3,(H,23,24)/t14-/m0/s1. The van der Waals surface area contributed by atoms with E-state index in [9.17, 15) is 4.79 Å². The first-order chi connectivity index (χ1) is 11.6. The van der Waals surface area contributed by atoms with Gasteiger partial charge >= 0.3 is 0 Å². The normalized spacial score (nSPS) is 14.4. The minimum atomic E-state index is -0.0310. The maximum absolute atomic E-state index is 11.1. The molecular formula is C20H21N3O. The van der Waals surface area contributed by atoms with Gasteiger partial charge in [-0.3, -0.25) is 4.79 Å². The molecule has 2 aromatic rings. The summed E-state index contributed by atoms with van der Waals surface area (Å²) in [6.07, 6.45) is 7.19. The molecule has 24 heavy (non-hydrogen) atoms. The smallest absolute Gasteiger partial charge is 0.217 e. The van der Waals surface area contributed by atoms with Gasteiger partial charge in [-0.2, -0.15) is 0 Å². The van der Waals surface area contributed by atoms with Crippen LogP contribution in [-0.2, 0) is 11.2 Å². The molecule has 1 saturated carbocycles. The van der Waals surface area contributed by atoms with Gasteiger partial charge in [0.05, 0.1) is 11.6 Å².